The smallest absolute Gasteiger partial charge is 0.260 e. The summed E-state index contributed by atoms with van der Waals surface area (Å²) in [5, 5.41) is 10.3. The van der Waals surface area contributed by atoms with Crippen LogP contribution in [0.3, 0.4) is 0 Å². The maximum absolute atomic E-state index is 12.7. The number of aryl methyl sites for hydroxylation is 3. The second-order valence-electron chi connectivity index (χ2n) is 7.41. The number of benzene rings is 1. The van der Waals surface area contributed by atoms with Crippen molar-refractivity contribution in [3.63, 3.8) is 0 Å². The maximum Gasteiger partial charge on any atom is 0.260 e. The molecule has 0 saturated carbocycles. The number of hydrogen-bond acceptors (Lipinski definition) is 4. The Morgan fingerprint density at radius 2 is 2.00 bits per heavy atom. The quantitative estimate of drug-likeness (QED) is 0.908. The third-order valence-electron chi connectivity index (χ3n) is 5.42. The summed E-state index contributed by atoms with van der Waals surface area (Å²) in [4.78, 5) is 14.6. The molecule has 0 radical (unpaired) electrons. The molecule has 0 aromatic heterocycles. The van der Waals surface area contributed by atoms with E-state index in [0.29, 0.717) is 19.6 Å². The number of carbonyl (C=O) groups is 1. The first-order valence-electron chi connectivity index (χ1n) is 9.23. The van der Waals surface area contributed by atoms with Gasteiger partial charge < -0.3 is 19.5 Å². The fourth-order valence-electron chi connectivity index (χ4n) is 4.27. The van der Waals surface area contributed by atoms with Crippen LogP contribution in [0.1, 0.15) is 36.0 Å². The molecule has 1 amide bonds. The van der Waals surface area contributed by atoms with Gasteiger partial charge in [0.2, 0.25) is 0 Å². The maximum atomic E-state index is 12.7. The van der Waals surface area contributed by atoms with Crippen molar-refractivity contribution in [3.05, 3.63) is 28.8 Å². The second kappa shape index (κ2) is 7.75. The number of likely N-dealkylation sites (tertiary alicyclic amines) is 1. The molecule has 5 heteroatoms. The van der Waals surface area contributed by atoms with E-state index in [0.717, 1.165) is 36.3 Å². The number of rotatable bonds is 4. The van der Waals surface area contributed by atoms with E-state index in [9.17, 15) is 9.90 Å². The second-order valence-corrected chi connectivity index (χ2v) is 7.41. The minimum Gasteiger partial charge on any atom is -0.483 e. The Morgan fingerprint density at radius 3 is 2.68 bits per heavy atom. The van der Waals surface area contributed by atoms with Gasteiger partial charge in [0, 0.05) is 25.1 Å². The Labute approximate surface area is 149 Å². The molecule has 2 saturated heterocycles. The van der Waals surface area contributed by atoms with Crippen LogP contribution in [-0.4, -0.2) is 54.4 Å². The molecule has 0 spiro atoms. The molecule has 0 unspecified atom stereocenters. The zero-order valence-electron chi connectivity index (χ0n) is 15.5. The van der Waals surface area contributed by atoms with Crippen LogP contribution in [0.2, 0.25) is 0 Å². The molecule has 2 fully saturated rings. The van der Waals surface area contributed by atoms with Crippen LogP contribution in [-0.2, 0) is 9.53 Å². The Morgan fingerprint density at radius 1 is 1.28 bits per heavy atom. The van der Waals surface area contributed by atoms with E-state index in [2.05, 4.69) is 19.1 Å². The van der Waals surface area contributed by atoms with Gasteiger partial charge in [-0.25, -0.2) is 0 Å². The van der Waals surface area contributed by atoms with Gasteiger partial charge in [-0.05, 0) is 51.2 Å². The molecule has 2 aliphatic rings. The first-order chi connectivity index (χ1) is 12.0. The molecule has 2 aliphatic heterocycles. The third kappa shape index (κ3) is 3.98. The van der Waals surface area contributed by atoms with Gasteiger partial charge in [0.1, 0.15) is 5.75 Å². The Kier molecular flexibility index (Phi) is 5.64. The molecule has 1 N–H and O–H groups in total. The summed E-state index contributed by atoms with van der Waals surface area (Å²) in [7, 11) is 0. The molecule has 0 aliphatic carbocycles. The number of nitrogens with zero attached hydrogens (tertiary/aromatic N) is 1. The van der Waals surface area contributed by atoms with E-state index in [1.165, 1.54) is 5.56 Å². The fourth-order valence-corrected chi connectivity index (χ4v) is 4.27. The Hall–Kier alpha value is -1.59. The lowest BCUT2D eigenvalue weighted by Gasteiger charge is -2.37. The van der Waals surface area contributed by atoms with Crippen molar-refractivity contribution in [2.45, 2.75) is 52.2 Å². The van der Waals surface area contributed by atoms with Gasteiger partial charge in [0.15, 0.2) is 6.61 Å². The summed E-state index contributed by atoms with van der Waals surface area (Å²) < 4.78 is 11.4. The monoisotopic (exact) mass is 347 g/mol. The van der Waals surface area contributed by atoms with Gasteiger partial charge in [-0.2, -0.15) is 0 Å². The minimum atomic E-state index is -0.380. The van der Waals surface area contributed by atoms with Gasteiger partial charge >= 0.3 is 0 Å². The van der Waals surface area contributed by atoms with Crippen LogP contribution in [0.5, 0.6) is 5.75 Å². The number of ether oxygens (including phenoxy) is 2. The van der Waals surface area contributed by atoms with Crippen LogP contribution in [0.4, 0.5) is 0 Å². The number of aliphatic hydroxyl groups is 1. The van der Waals surface area contributed by atoms with Crippen LogP contribution >= 0.6 is 0 Å². The topological polar surface area (TPSA) is 59.0 Å². The molecule has 0 bridgehead atoms. The van der Waals surface area contributed by atoms with Crippen molar-refractivity contribution >= 4 is 5.91 Å². The highest BCUT2D eigenvalue weighted by atomic mass is 16.5. The molecule has 5 nitrogen and oxygen atoms in total. The van der Waals surface area contributed by atoms with Gasteiger partial charge in [-0.1, -0.05) is 17.7 Å². The van der Waals surface area contributed by atoms with Gasteiger partial charge in [0.25, 0.3) is 5.91 Å². The van der Waals surface area contributed by atoms with E-state index in [4.69, 9.17) is 9.47 Å². The van der Waals surface area contributed by atoms with Crippen LogP contribution < -0.4 is 4.74 Å². The summed E-state index contributed by atoms with van der Waals surface area (Å²) in [6, 6.07) is 4.20. The van der Waals surface area contributed by atoms with E-state index >= 15 is 0 Å². The molecule has 138 valence electrons. The summed E-state index contributed by atoms with van der Waals surface area (Å²) >= 11 is 0. The zero-order valence-corrected chi connectivity index (χ0v) is 15.5. The summed E-state index contributed by atoms with van der Waals surface area (Å²) in [6.07, 6.45) is 2.18. The largest absolute Gasteiger partial charge is 0.483 e. The average Bonchev–Trinajstić information content (AvgIpc) is 3.03. The van der Waals surface area contributed by atoms with E-state index in [-0.39, 0.29) is 30.6 Å². The summed E-state index contributed by atoms with van der Waals surface area (Å²) in [6.45, 7) is 8.00. The van der Waals surface area contributed by atoms with E-state index < -0.39 is 0 Å². The van der Waals surface area contributed by atoms with E-state index in [1.807, 2.05) is 18.7 Å². The van der Waals surface area contributed by atoms with Crippen molar-refractivity contribution in [3.8, 4) is 5.75 Å². The SMILES string of the molecule is Cc1cc(C)c(OCC(=O)N2CCC[C@@H]2[C@@H]2COCC[C@H]2O)c(C)c1. The average molecular weight is 347 g/mol. The first kappa shape index (κ1) is 18.2. The zero-order chi connectivity index (χ0) is 18.0. The predicted molar refractivity (Wildman–Crippen MR) is 95.8 cm³/mol. The van der Waals surface area contributed by atoms with Crippen LogP contribution in [0, 0.1) is 26.7 Å². The van der Waals surface area contributed by atoms with Gasteiger partial charge in [-0.3, -0.25) is 4.79 Å². The summed E-state index contributed by atoms with van der Waals surface area (Å²) in [5.41, 5.74) is 3.30. The van der Waals surface area contributed by atoms with Gasteiger partial charge in [0.05, 0.1) is 12.7 Å². The fraction of sp³-hybridized carbons (Fsp3) is 0.650. The van der Waals surface area contributed by atoms with Crippen molar-refractivity contribution in [1.82, 2.24) is 4.90 Å². The normalized spacial score (nSPS) is 26.7. The van der Waals surface area contributed by atoms with E-state index in [1.54, 1.807) is 0 Å². The van der Waals surface area contributed by atoms with Crippen molar-refractivity contribution < 1.29 is 19.4 Å². The standard InChI is InChI=1S/C20H29NO4/c1-13-9-14(2)20(15(3)10-13)25-12-19(23)21-7-4-5-17(21)16-11-24-8-6-18(16)22/h9-10,16-18,22H,4-8,11-12H2,1-3H3/t16-,17+,18+/m0/s1. The predicted octanol–water partition coefficient (Wildman–Crippen LogP) is 2.38. The summed E-state index contributed by atoms with van der Waals surface area (Å²) in [5.74, 6) is 0.818. The van der Waals surface area contributed by atoms with Crippen molar-refractivity contribution in [1.29, 1.82) is 0 Å². The number of amides is 1. The lowest BCUT2D eigenvalue weighted by atomic mass is 9.89. The molecule has 3 rings (SSSR count). The molecular formula is C20H29NO4. The third-order valence-corrected chi connectivity index (χ3v) is 5.42. The number of aliphatic hydroxyl groups excluding tert-OH is 1. The van der Waals surface area contributed by atoms with Crippen molar-refractivity contribution in [2.24, 2.45) is 5.92 Å². The van der Waals surface area contributed by atoms with Crippen LogP contribution in [0.15, 0.2) is 12.1 Å². The molecule has 2 heterocycles. The minimum absolute atomic E-state index is 0.000325. The lowest BCUT2D eigenvalue weighted by molar-refractivity contribution is -0.138. The number of hydrogen-bond donors (Lipinski definition) is 1. The lowest BCUT2D eigenvalue weighted by Crippen LogP contribution is -2.49. The molecular weight excluding hydrogens is 318 g/mol. The highest BCUT2D eigenvalue weighted by Gasteiger charge is 2.39. The molecule has 1 aromatic carbocycles. The Bertz CT molecular complexity index is 607. The first-order valence-corrected chi connectivity index (χ1v) is 9.23. The molecule has 3 atom stereocenters. The molecule has 25 heavy (non-hydrogen) atoms. The highest BCUT2D eigenvalue weighted by Crippen LogP contribution is 2.30. The van der Waals surface area contributed by atoms with Crippen LogP contribution in [0.25, 0.3) is 0 Å². The highest BCUT2D eigenvalue weighted by molar-refractivity contribution is 5.78. The van der Waals surface area contributed by atoms with Gasteiger partial charge in [-0.15, -0.1) is 0 Å². The molecule has 1 aromatic rings. The Balaban J connectivity index is 1.64. The van der Waals surface area contributed by atoms with Crippen molar-refractivity contribution in [2.75, 3.05) is 26.4 Å². The number of carbonyl (C=O) groups excluding carboxylic acids is 1.